The highest BCUT2D eigenvalue weighted by Crippen LogP contribution is 2.26. The fourth-order valence-corrected chi connectivity index (χ4v) is 3.26. The molecule has 22 heavy (non-hydrogen) atoms. The predicted molar refractivity (Wildman–Crippen MR) is 86.2 cm³/mol. The Morgan fingerprint density at radius 2 is 1.91 bits per heavy atom. The van der Waals surface area contributed by atoms with Crippen LogP contribution < -0.4 is 5.32 Å². The fourth-order valence-electron chi connectivity index (χ4n) is 3.26. The van der Waals surface area contributed by atoms with E-state index in [4.69, 9.17) is 0 Å². The van der Waals surface area contributed by atoms with Gasteiger partial charge in [-0.05, 0) is 25.3 Å². The van der Waals surface area contributed by atoms with E-state index in [0.29, 0.717) is 0 Å². The lowest BCUT2D eigenvalue weighted by molar-refractivity contribution is -0.127. The Kier molecular flexibility index (Phi) is 5.98. The molecule has 1 amide bonds. The van der Waals surface area contributed by atoms with Gasteiger partial charge in [0.1, 0.15) is 0 Å². The molecular weight excluding hydrogens is 278 g/mol. The summed E-state index contributed by atoms with van der Waals surface area (Å²) >= 11 is 0. The molecule has 0 aromatic heterocycles. The van der Waals surface area contributed by atoms with Gasteiger partial charge in [0.2, 0.25) is 5.91 Å². The summed E-state index contributed by atoms with van der Waals surface area (Å²) in [4.78, 5) is 12.3. The Bertz CT molecular complexity index is 472. The van der Waals surface area contributed by atoms with Crippen molar-refractivity contribution < 1.29 is 15.0 Å². The van der Waals surface area contributed by atoms with Crippen molar-refractivity contribution in [2.24, 2.45) is 5.92 Å². The number of carbonyl (C=O) groups excluding carboxylic acids is 1. The van der Waals surface area contributed by atoms with Gasteiger partial charge in [-0.2, -0.15) is 0 Å². The third-order valence-corrected chi connectivity index (χ3v) is 4.64. The van der Waals surface area contributed by atoms with Gasteiger partial charge >= 0.3 is 0 Å². The number of nitrogens with one attached hydrogen (secondary N) is 1. The molecule has 0 saturated heterocycles. The van der Waals surface area contributed by atoms with Crippen molar-refractivity contribution in [1.82, 2.24) is 5.32 Å². The van der Waals surface area contributed by atoms with Crippen LogP contribution in [0, 0.1) is 5.92 Å². The lowest BCUT2D eigenvalue weighted by Gasteiger charge is -2.28. The summed E-state index contributed by atoms with van der Waals surface area (Å²) in [6.45, 7) is 1.78. The van der Waals surface area contributed by atoms with Crippen molar-refractivity contribution in [2.45, 2.75) is 57.1 Å². The Balaban J connectivity index is 1.96. The maximum atomic E-state index is 12.3. The highest BCUT2D eigenvalue weighted by molar-refractivity contribution is 5.77. The Morgan fingerprint density at radius 1 is 1.23 bits per heavy atom. The average Bonchev–Trinajstić information content (AvgIpc) is 2.72. The third kappa shape index (κ3) is 4.55. The Morgan fingerprint density at radius 3 is 2.59 bits per heavy atom. The van der Waals surface area contributed by atoms with Crippen LogP contribution in [-0.2, 0) is 10.4 Å². The number of aliphatic hydroxyl groups excluding tert-OH is 1. The molecule has 3 unspecified atom stereocenters. The molecule has 3 atom stereocenters. The number of carbonyl (C=O) groups is 1. The molecule has 1 fully saturated rings. The quantitative estimate of drug-likeness (QED) is 0.731. The lowest BCUT2D eigenvalue weighted by Crippen LogP contribution is -2.43. The molecule has 0 spiro atoms. The molecule has 1 aromatic rings. The van der Waals surface area contributed by atoms with Crippen LogP contribution in [0.25, 0.3) is 0 Å². The smallest absolute Gasteiger partial charge is 0.223 e. The van der Waals surface area contributed by atoms with E-state index in [1.54, 1.807) is 6.92 Å². The molecule has 1 aliphatic rings. The van der Waals surface area contributed by atoms with E-state index in [0.717, 1.165) is 37.7 Å². The van der Waals surface area contributed by atoms with Crippen molar-refractivity contribution in [3.8, 4) is 0 Å². The van der Waals surface area contributed by atoms with Crippen LogP contribution in [0.5, 0.6) is 0 Å². The molecule has 0 aliphatic heterocycles. The van der Waals surface area contributed by atoms with Gasteiger partial charge in [-0.15, -0.1) is 0 Å². The van der Waals surface area contributed by atoms with E-state index in [-0.39, 0.29) is 30.9 Å². The first-order chi connectivity index (χ1) is 10.5. The number of amides is 1. The molecule has 4 nitrogen and oxygen atoms in total. The SMILES string of the molecule is CC(O)(CC(=O)NC1CCCCCC1CO)c1ccccc1. The average molecular weight is 305 g/mol. The molecule has 0 radical (unpaired) electrons. The van der Waals surface area contributed by atoms with Crippen molar-refractivity contribution in [3.05, 3.63) is 35.9 Å². The van der Waals surface area contributed by atoms with E-state index < -0.39 is 5.60 Å². The topological polar surface area (TPSA) is 69.6 Å². The minimum atomic E-state index is -1.18. The van der Waals surface area contributed by atoms with Crippen molar-refractivity contribution in [3.63, 3.8) is 0 Å². The fraction of sp³-hybridized carbons (Fsp3) is 0.611. The maximum Gasteiger partial charge on any atom is 0.223 e. The number of hydrogen-bond acceptors (Lipinski definition) is 3. The number of rotatable bonds is 5. The van der Waals surface area contributed by atoms with Crippen LogP contribution in [0.3, 0.4) is 0 Å². The van der Waals surface area contributed by atoms with Gasteiger partial charge < -0.3 is 15.5 Å². The molecule has 1 saturated carbocycles. The first kappa shape index (κ1) is 17.0. The van der Waals surface area contributed by atoms with E-state index in [2.05, 4.69) is 5.32 Å². The summed E-state index contributed by atoms with van der Waals surface area (Å²) in [6.07, 6.45) is 5.24. The second kappa shape index (κ2) is 7.75. The molecule has 0 heterocycles. The number of benzene rings is 1. The van der Waals surface area contributed by atoms with Crippen LogP contribution in [0.4, 0.5) is 0 Å². The van der Waals surface area contributed by atoms with Crippen molar-refractivity contribution >= 4 is 5.91 Å². The summed E-state index contributed by atoms with van der Waals surface area (Å²) in [6, 6.07) is 9.28. The lowest BCUT2D eigenvalue weighted by atomic mass is 9.91. The predicted octanol–water partition coefficient (Wildman–Crippen LogP) is 2.34. The zero-order chi connectivity index (χ0) is 16.0. The van der Waals surface area contributed by atoms with Gasteiger partial charge in [0.25, 0.3) is 0 Å². The minimum Gasteiger partial charge on any atom is -0.396 e. The normalized spacial score (nSPS) is 25.0. The first-order valence-corrected chi connectivity index (χ1v) is 8.21. The van der Waals surface area contributed by atoms with Gasteiger partial charge in [0.15, 0.2) is 0 Å². The summed E-state index contributed by atoms with van der Waals surface area (Å²) in [7, 11) is 0. The first-order valence-electron chi connectivity index (χ1n) is 8.21. The van der Waals surface area contributed by atoms with E-state index in [1.807, 2.05) is 30.3 Å². The van der Waals surface area contributed by atoms with Gasteiger partial charge in [0.05, 0.1) is 12.0 Å². The van der Waals surface area contributed by atoms with Gasteiger partial charge in [-0.3, -0.25) is 4.79 Å². The highest BCUT2D eigenvalue weighted by Gasteiger charge is 2.29. The van der Waals surface area contributed by atoms with Crippen LogP contribution in [0.15, 0.2) is 30.3 Å². The van der Waals surface area contributed by atoms with Gasteiger partial charge in [0, 0.05) is 18.6 Å². The second-order valence-electron chi connectivity index (χ2n) is 6.57. The molecule has 1 aromatic carbocycles. The molecular formula is C18H27NO3. The summed E-state index contributed by atoms with van der Waals surface area (Å²) in [5, 5.41) is 23.1. The molecule has 1 aliphatic carbocycles. The maximum absolute atomic E-state index is 12.3. The monoisotopic (exact) mass is 305 g/mol. The molecule has 2 rings (SSSR count). The summed E-state index contributed by atoms with van der Waals surface area (Å²) in [5.74, 6) is -0.0210. The highest BCUT2D eigenvalue weighted by atomic mass is 16.3. The standard InChI is InChI=1S/C18H27NO3/c1-18(22,15-9-5-3-6-10-15)12-17(21)19-16-11-7-2-4-8-14(16)13-20/h3,5-6,9-10,14,16,20,22H,2,4,7-8,11-13H2,1H3,(H,19,21). The van der Waals surface area contributed by atoms with E-state index in [1.165, 1.54) is 0 Å². The second-order valence-corrected chi connectivity index (χ2v) is 6.57. The molecule has 3 N–H and O–H groups in total. The summed E-state index contributed by atoms with van der Waals surface area (Å²) < 4.78 is 0. The van der Waals surface area contributed by atoms with Gasteiger partial charge in [-0.1, -0.05) is 49.6 Å². The van der Waals surface area contributed by atoms with Gasteiger partial charge in [-0.25, -0.2) is 0 Å². The zero-order valence-electron chi connectivity index (χ0n) is 13.3. The Labute approximate surface area is 132 Å². The van der Waals surface area contributed by atoms with Crippen LogP contribution in [0.2, 0.25) is 0 Å². The van der Waals surface area contributed by atoms with Crippen LogP contribution in [-0.4, -0.2) is 28.8 Å². The largest absolute Gasteiger partial charge is 0.396 e. The number of aliphatic hydroxyl groups is 2. The molecule has 4 heteroatoms. The summed E-state index contributed by atoms with van der Waals surface area (Å²) in [5.41, 5.74) is -0.435. The molecule has 122 valence electrons. The zero-order valence-corrected chi connectivity index (χ0v) is 13.3. The molecule has 0 bridgehead atoms. The number of hydrogen-bond donors (Lipinski definition) is 3. The van der Waals surface area contributed by atoms with Crippen LogP contribution in [0.1, 0.15) is 51.0 Å². The van der Waals surface area contributed by atoms with Crippen molar-refractivity contribution in [1.29, 1.82) is 0 Å². The third-order valence-electron chi connectivity index (χ3n) is 4.64. The minimum absolute atomic E-state index is 0.0200. The Hall–Kier alpha value is -1.39. The van der Waals surface area contributed by atoms with Crippen molar-refractivity contribution in [2.75, 3.05) is 6.61 Å². The van der Waals surface area contributed by atoms with E-state index in [9.17, 15) is 15.0 Å². The van der Waals surface area contributed by atoms with E-state index >= 15 is 0 Å². The van der Waals surface area contributed by atoms with Crippen LogP contribution >= 0.6 is 0 Å².